The van der Waals surface area contributed by atoms with Crippen LogP contribution in [0.4, 0.5) is 5.69 Å². The molecule has 6 heteroatoms. The second kappa shape index (κ2) is 5.49. The van der Waals surface area contributed by atoms with Crippen LogP contribution in [0.15, 0.2) is 5.38 Å². The van der Waals surface area contributed by atoms with Crippen LogP contribution in [0.3, 0.4) is 0 Å². The highest BCUT2D eigenvalue weighted by molar-refractivity contribution is 7.12. The number of anilines is 1. The predicted octanol–water partition coefficient (Wildman–Crippen LogP) is 1.96. The average Bonchev–Trinajstić information content (AvgIpc) is 2.99. The Labute approximate surface area is 109 Å². The summed E-state index contributed by atoms with van der Waals surface area (Å²) < 4.78 is 9.99. The molecule has 1 atom stereocenters. The molecular formula is C12H15NO4S. The fourth-order valence-electron chi connectivity index (χ4n) is 1.83. The second-order valence-electron chi connectivity index (χ2n) is 4.11. The van der Waals surface area contributed by atoms with Crippen molar-refractivity contribution in [1.82, 2.24) is 0 Å². The Morgan fingerprint density at radius 2 is 2.33 bits per heavy atom. The number of methoxy groups -OCH3 is 1. The molecule has 1 aliphatic heterocycles. The Bertz CT molecular complexity index is 463. The van der Waals surface area contributed by atoms with Crippen LogP contribution in [0.25, 0.3) is 0 Å². The number of esters is 1. The summed E-state index contributed by atoms with van der Waals surface area (Å²) in [7, 11) is 1.32. The fraction of sp³-hybridized carbons (Fsp3) is 0.500. The molecule has 0 unspecified atom stereocenters. The van der Waals surface area contributed by atoms with Gasteiger partial charge in [-0.25, -0.2) is 4.79 Å². The van der Waals surface area contributed by atoms with Gasteiger partial charge in [-0.15, -0.1) is 11.3 Å². The fourth-order valence-corrected chi connectivity index (χ4v) is 2.75. The van der Waals surface area contributed by atoms with Gasteiger partial charge in [0.15, 0.2) is 0 Å². The van der Waals surface area contributed by atoms with Crippen molar-refractivity contribution in [2.24, 2.45) is 0 Å². The van der Waals surface area contributed by atoms with E-state index in [0.717, 1.165) is 18.4 Å². The maximum atomic E-state index is 11.9. The summed E-state index contributed by atoms with van der Waals surface area (Å²) in [4.78, 5) is 23.9. The maximum absolute atomic E-state index is 11.9. The molecule has 1 amide bonds. The van der Waals surface area contributed by atoms with Gasteiger partial charge in [0.2, 0.25) is 0 Å². The number of thiophene rings is 1. The van der Waals surface area contributed by atoms with Crippen molar-refractivity contribution >= 4 is 28.9 Å². The number of hydrogen-bond acceptors (Lipinski definition) is 5. The first-order chi connectivity index (χ1) is 8.63. The lowest BCUT2D eigenvalue weighted by molar-refractivity contribution is -0.124. The molecule has 1 aliphatic rings. The van der Waals surface area contributed by atoms with E-state index in [1.165, 1.54) is 18.4 Å². The largest absolute Gasteiger partial charge is 0.465 e. The summed E-state index contributed by atoms with van der Waals surface area (Å²) in [6.07, 6.45) is 1.21. The van der Waals surface area contributed by atoms with Gasteiger partial charge in [-0.2, -0.15) is 0 Å². The standard InChI is InChI=1S/C12H15NO4S/c1-7-6-18-10(12(15)16-2)9(7)13-11(14)8-4-3-5-17-8/h6,8H,3-5H2,1-2H3,(H,13,14)/t8-/m1/s1. The molecule has 0 saturated carbocycles. The zero-order valence-electron chi connectivity index (χ0n) is 10.3. The van der Waals surface area contributed by atoms with E-state index < -0.39 is 12.1 Å². The Balaban J connectivity index is 2.15. The van der Waals surface area contributed by atoms with E-state index in [9.17, 15) is 9.59 Å². The normalized spacial score (nSPS) is 18.7. The SMILES string of the molecule is COC(=O)c1scc(C)c1NC(=O)[C@H]1CCCO1. The molecule has 18 heavy (non-hydrogen) atoms. The van der Waals surface area contributed by atoms with Gasteiger partial charge in [0.05, 0.1) is 12.8 Å². The maximum Gasteiger partial charge on any atom is 0.350 e. The van der Waals surface area contributed by atoms with Crippen molar-refractivity contribution in [2.45, 2.75) is 25.9 Å². The smallest absolute Gasteiger partial charge is 0.350 e. The van der Waals surface area contributed by atoms with E-state index in [2.05, 4.69) is 10.1 Å². The summed E-state index contributed by atoms with van der Waals surface area (Å²) in [5.41, 5.74) is 1.39. The van der Waals surface area contributed by atoms with Crippen LogP contribution in [0.2, 0.25) is 0 Å². The van der Waals surface area contributed by atoms with Gasteiger partial charge in [-0.3, -0.25) is 4.79 Å². The highest BCUT2D eigenvalue weighted by atomic mass is 32.1. The molecule has 0 spiro atoms. The molecule has 0 aliphatic carbocycles. The number of amides is 1. The Kier molecular flexibility index (Phi) is 3.98. The van der Waals surface area contributed by atoms with Gasteiger partial charge < -0.3 is 14.8 Å². The molecule has 2 heterocycles. The Morgan fingerprint density at radius 1 is 1.56 bits per heavy atom. The minimum absolute atomic E-state index is 0.195. The summed E-state index contributed by atoms with van der Waals surface area (Å²) in [6, 6.07) is 0. The molecule has 98 valence electrons. The van der Waals surface area contributed by atoms with E-state index in [1.807, 2.05) is 12.3 Å². The van der Waals surface area contributed by atoms with Crippen molar-refractivity contribution in [3.8, 4) is 0 Å². The molecule has 0 bridgehead atoms. The number of carbonyl (C=O) groups is 2. The van der Waals surface area contributed by atoms with Gasteiger partial charge in [-0.1, -0.05) is 0 Å². The zero-order valence-corrected chi connectivity index (χ0v) is 11.1. The lowest BCUT2D eigenvalue weighted by Crippen LogP contribution is -2.27. The molecular weight excluding hydrogens is 254 g/mol. The molecule has 1 saturated heterocycles. The number of aryl methyl sites for hydroxylation is 1. The Hall–Kier alpha value is -1.40. The van der Waals surface area contributed by atoms with Gasteiger partial charge in [0.25, 0.3) is 5.91 Å². The first kappa shape index (κ1) is 13.0. The van der Waals surface area contributed by atoms with E-state index >= 15 is 0 Å². The van der Waals surface area contributed by atoms with Gasteiger partial charge in [-0.05, 0) is 30.7 Å². The zero-order chi connectivity index (χ0) is 13.1. The van der Waals surface area contributed by atoms with Crippen LogP contribution >= 0.6 is 11.3 Å². The number of carbonyl (C=O) groups excluding carboxylic acids is 2. The number of ether oxygens (including phenoxy) is 2. The van der Waals surface area contributed by atoms with Crippen LogP contribution in [0.5, 0.6) is 0 Å². The van der Waals surface area contributed by atoms with Crippen molar-refractivity contribution in [3.63, 3.8) is 0 Å². The van der Waals surface area contributed by atoms with Gasteiger partial charge >= 0.3 is 5.97 Å². The Morgan fingerprint density at radius 3 is 2.94 bits per heavy atom. The molecule has 5 nitrogen and oxygen atoms in total. The van der Waals surface area contributed by atoms with Crippen LogP contribution in [0, 0.1) is 6.92 Å². The van der Waals surface area contributed by atoms with Crippen molar-refractivity contribution in [3.05, 3.63) is 15.8 Å². The lowest BCUT2D eigenvalue weighted by Gasteiger charge is -2.11. The van der Waals surface area contributed by atoms with E-state index in [0.29, 0.717) is 17.2 Å². The number of rotatable bonds is 3. The predicted molar refractivity (Wildman–Crippen MR) is 68.0 cm³/mol. The molecule has 0 aromatic carbocycles. The van der Waals surface area contributed by atoms with Crippen LogP contribution < -0.4 is 5.32 Å². The van der Waals surface area contributed by atoms with Crippen molar-refractivity contribution < 1.29 is 19.1 Å². The minimum atomic E-state index is -0.434. The molecule has 2 rings (SSSR count). The quantitative estimate of drug-likeness (QED) is 0.852. The topological polar surface area (TPSA) is 64.6 Å². The third-order valence-electron chi connectivity index (χ3n) is 2.82. The highest BCUT2D eigenvalue weighted by Crippen LogP contribution is 2.29. The lowest BCUT2D eigenvalue weighted by atomic mass is 10.2. The summed E-state index contributed by atoms with van der Waals surface area (Å²) in [6.45, 7) is 2.46. The van der Waals surface area contributed by atoms with E-state index in [-0.39, 0.29) is 5.91 Å². The summed E-state index contributed by atoms with van der Waals surface area (Å²) >= 11 is 1.26. The molecule has 1 aromatic heterocycles. The monoisotopic (exact) mass is 269 g/mol. The molecule has 1 N–H and O–H groups in total. The third-order valence-corrected chi connectivity index (χ3v) is 3.89. The van der Waals surface area contributed by atoms with Crippen LogP contribution in [-0.2, 0) is 14.3 Å². The van der Waals surface area contributed by atoms with Crippen molar-refractivity contribution in [2.75, 3.05) is 19.0 Å². The highest BCUT2D eigenvalue weighted by Gasteiger charge is 2.26. The van der Waals surface area contributed by atoms with E-state index in [1.54, 1.807) is 0 Å². The first-order valence-electron chi connectivity index (χ1n) is 5.72. The van der Waals surface area contributed by atoms with Crippen molar-refractivity contribution in [1.29, 1.82) is 0 Å². The first-order valence-corrected chi connectivity index (χ1v) is 6.60. The van der Waals surface area contributed by atoms with Crippen LogP contribution in [0.1, 0.15) is 28.1 Å². The van der Waals surface area contributed by atoms with Gasteiger partial charge in [0.1, 0.15) is 11.0 Å². The third kappa shape index (κ3) is 2.54. The van der Waals surface area contributed by atoms with Crippen LogP contribution in [-0.4, -0.2) is 31.7 Å². The second-order valence-corrected chi connectivity index (χ2v) is 4.98. The molecule has 1 aromatic rings. The number of hydrogen-bond donors (Lipinski definition) is 1. The average molecular weight is 269 g/mol. The van der Waals surface area contributed by atoms with Gasteiger partial charge in [0, 0.05) is 6.61 Å². The number of nitrogens with one attached hydrogen (secondary N) is 1. The minimum Gasteiger partial charge on any atom is -0.465 e. The van der Waals surface area contributed by atoms with E-state index in [4.69, 9.17) is 4.74 Å². The molecule has 0 radical (unpaired) electrons. The summed E-state index contributed by atoms with van der Waals surface area (Å²) in [5.74, 6) is -0.630. The summed E-state index contributed by atoms with van der Waals surface area (Å²) in [5, 5.41) is 4.58. The molecule has 1 fully saturated rings.